The van der Waals surface area contributed by atoms with Crippen LogP contribution in [0.2, 0.25) is 0 Å². The standard InChI is InChI=1S/C20H27N5O2/c1-13(2)8-16(12-27-5)22-20-23-17(19(26)24(20)3)10-14-6-7-18-15(9-14)11-21-25(18)4/h6-7,9-11,13,16H,8,12H2,1-5H3,(H,22,23)/b17-10-/t16-/m1/s1. The first-order valence-corrected chi connectivity index (χ1v) is 9.14. The largest absolute Gasteiger partial charge is 0.382 e. The number of amides is 1. The molecule has 1 N–H and O–H groups in total. The fourth-order valence-electron chi connectivity index (χ4n) is 3.26. The molecule has 2 heterocycles. The van der Waals surface area contributed by atoms with E-state index >= 15 is 0 Å². The van der Waals surface area contributed by atoms with Crippen LogP contribution >= 0.6 is 0 Å². The highest BCUT2D eigenvalue weighted by Crippen LogP contribution is 2.19. The van der Waals surface area contributed by atoms with Crippen LogP contribution in [0.5, 0.6) is 0 Å². The van der Waals surface area contributed by atoms with Crippen LogP contribution in [0.3, 0.4) is 0 Å². The van der Waals surface area contributed by atoms with E-state index < -0.39 is 0 Å². The summed E-state index contributed by atoms with van der Waals surface area (Å²) in [6, 6.07) is 6.02. The second-order valence-corrected chi connectivity index (χ2v) is 7.33. The lowest BCUT2D eigenvalue weighted by Gasteiger charge is -2.16. The SMILES string of the molecule is COC[C@@H](CC(C)C)N=C1N/C(=C\c2ccc3c(cnn3C)c2)C(=O)N1C. The molecule has 27 heavy (non-hydrogen) atoms. The lowest BCUT2D eigenvalue weighted by Crippen LogP contribution is -2.31. The van der Waals surface area contributed by atoms with E-state index in [4.69, 9.17) is 9.73 Å². The van der Waals surface area contributed by atoms with Crippen LogP contribution < -0.4 is 5.32 Å². The number of nitrogens with zero attached hydrogens (tertiary/aromatic N) is 4. The Morgan fingerprint density at radius 3 is 2.81 bits per heavy atom. The molecule has 0 saturated carbocycles. The van der Waals surface area contributed by atoms with Gasteiger partial charge in [-0.2, -0.15) is 5.10 Å². The van der Waals surface area contributed by atoms with E-state index in [0.717, 1.165) is 22.9 Å². The van der Waals surface area contributed by atoms with Gasteiger partial charge in [0.25, 0.3) is 5.91 Å². The molecule has 1 amide bonds. The lowest BCUT2D eigenvalue weighted by molar-refractivity contribution is -0.121. The van der Waals surface area contributed by atoms with Gasteiger partial charge in [0.05, 0.1) is 24.4 Å². The molecule has 144 valence electrons. The van der Waals surface area contributed by atoms with Gasteiger partial charge < -0.3 is 10.1 Å². The molecule has 1 atom stereocenters. The second kappa shape index (κ2) is 7.92. The summed E-state index contributed by atoms with van der Waals surface area (Å²) in [6.45, 7) is 4.83. The van der Waals surface area contributed by atoms with Crippen LogP contribution in [-0.4, -0.2) is 53.4 Å². The van der Waals surface area contributed by atoms with Crippen LogP contribution in [-0.2, 0) is 16.6 Å². The maximum atomic E-state index is 12.6. The summed E-state index contributed by atoms with van der Waals surface area (Å²) in [5.41, 5.74) is 2.51. The number of ether oxygens (including phenoxy) is 1. The molecule has 1 saturated heterocycles. The summed E-state index contributed by atoms with van der Waals surface area (Å²) in [4.78, 5) is 18.9. The monoisotopic (exact) mass is 369 g/mol. The normalized spacial score (nSPS) is 18.9. The van der Waals surface area contributed by atoms with E-state index in [9.17, 15) is 4.79 Å². The molecule has 7 heteroatoms. The number of hydrogen-bond donors (Lipinski definition) is 1. The molecule has 0 unspecified atom stereocenters. The quantitative estimate of drug-likeness (QED) is 0.794. The number of aryl methyl sites for hydroxylation is 1. The highest BCUT2D eigenvalue weighted by atomic mass is 16.5. The van der Waals surface area contributed by atoms with Crippen molar-refractivity contribution in [3.05, 3.63) is 35.7 Å². The van der Waals surface area contributed by atoms with Crippen molar-refractivity contribution < 1.29 is 9.53 Å². The Hall–Kier alpha value is -2.67. The van der Waals surface area contributed by atoms with Crippen molar-refractivity contribution in [3.63, 3.8) is 0 Å². The van der Waals surface area contributed by atoms with Crippen molar-refractivity contribution >= 4 is 28.8 Å². The summed E-state index contributed by atoms with van der Waals surface area (Å²) >= 11 is 0. The average Bonchev–Trinajstić information content (AvgIpc) is 3.10. The fourth-order valence-corrected chi connectivity index (χ4v) is 3.26. The number of guanidine groups is 1. The van der Waals surface area contributed by atoms with E-state index in [1.54, 1.807) is 19.1 Å². The van der Waals surface area contributed by atoms with Gasteiger partial charge in [0.15, 0.2) is 0 Å². The summed E-state index contributed by atoms with van der Waals surface area (Å²) in [5.74, 6) is 0.968. The van der Waals surface area contributed by atoms with Crippen LogP contribution in [0.25, 0.3) is 17.0 Å². The molecule has 7 nitrogen and oxygen atoms in total. The Bertz CT molecular complexity index is 897. The molecule has 0 bridgehead atoms. The zero-order valence-electron chi connectivity index (χ0n) is 16.6. The van der Waals surface area contributed by atoms with Crippen LogP contribution in [0.1, 0.15) is 25.8 Å². The molecule has 0 radical (unpaired) electrons. The highest BCUT2D eigenvalue weighted by Gasteiger charge is 2.29. The third-order valence-corrected chi connectivity index (χ3v) is 4.59. The molecule has 3 rings (SSSR count). The summed E-state index contributed by atoms with van der Waals surface area (Å²) in [6.07, 6.45) is 4.57. The van der Waals surface area contributed by atoms with Crippen molar-refractivity contribution in [1.29, 1.82) is 0 Å². The minimum atomic E-state index is -0.0965. The number of nitrogens with one attached hydrogen (secondary N) is 1. The zero-order valence-corrected chi connectivity index (χ0v) is 16.6. The van der Waals surface area contributed by atoms with Crippen LogP contribution in [0.4, 0.5) is 0 Å². The second-order valence-electron chi connectivity index (χ2n) is 7.33. The Morgan fingerprint density at radius 1 is 1.33 bits per heavy atom. The average molecular weight is 369 g/mol. The molecule has 1 aliphatic rings. The predicted octanol–water partition coefficient (Wildman–Crippen LogP) is 2.39. The molecule has 0 aliphatic carbocycles. The van der Waals surface area contributed by atoms with E-state index in [0.29, 0.717) is 24.2 Å². The van der Waals surface area contributed by atoms with Crippen molar-refractivity contribution in [1.82, 2.24) is 20.0 Å². The van der Waals surface area contributed by atoms with Gasteiger partial charge in [-0.25, -0.2) is 4.99 Å². The van der Waals surface area contributed by atoms with Crippen LogP contribution in [0.15, 0.2) is 35.1 Å². The Kier molecular flexibility index (Phi) is 5.60. The Balaban J connectivity index is 1.85. The van der Waals surface area contributed by atoms with Crippen molar-refractivity contribution in [2.45, 2.75) is 26.3 Å². The third kappa shape index (κ3) is 4.19. The van der Waals surface area contributed by atoms with Gasteiger partial charge in [-0.1, -0.05) is 19.9 Å². The first-order valence-electron chi connectivity index (χ1n) is 9.14. The van der Waals surface area contributed by atoms with Gasteiger partial charge in [-0.05, 0) is 36.1 Å². The third-order valence-electron chi connectivity index (χ3n) is 4.59. The first kappa shape index (κ1) is 19.1. The highest BCUT2D eigenvalue weighted by molar-refractivity contribution is 6.15. The molecular formula is C20H27N5O2. The minimum absolute atomic E-state index is 0.0128. The maximum absolute atomic E-state index is 12.6. The summed E-state index contributed by atoms with van der Waals surface area (Å²) in [7, 11) is 5.32. The molecule has 1 aromatic carbocycles. The lowest BCUT2D eigenvalue weighted by atomic mass is 10.1. The Morgan fingerprint density at radius 2 is 2.11 bits per heavy atom. The number of carbonyl (C=O) groups is 1. The van der Waals surface area contributed by atoms with Gasteiger partial charge in [0.2, 0.25) is 5.96 Å². The number of hydrogen-bond acceptors (Lipinski definition) is 4. The Labute approximate surface area is 159 Å². The number of benzene rings is 1. The smallest absolute Gasteiger partial charge is 0.276 e. The van der Waals surface area contributed by atoms with Crippen molar-refractivity contribution in [2.75, 3.05) is 20.8 Å². The zero-order chi connectivity index (χ0) is 19.6. The van der Waals surface area contributed by atoms with Crippen molar-refractivity contribution in [2.24, 2.45) is 18.0 Å². The van der Waals surface area contributed by atoms with Gasteiger partial charge in [0, 0.05) is 26.6 Å². The molecular weight excluding hydrogens is 342 g/mol. The van der Waals surface area contributed by atoms with E-state index in [1.807, 2.05) is 42.2 Å². The topological polar surface area (TPSA) is 71.7 Å². The van der Waals surface area contributed by atoms with Crippen LogP contribution in [0, 0.1) is 5.92 Å². The number of aliphatic imine (C=N–C) groups is 1. The summed E-state index contributed by atoms with van der Waals surface area (Å²) in [5, 5.41) is 8.46. The van der Waals surface area contributed by atoms with Crippen molar-refractivity contribution in [3.8, 4) is 0 Å². The van der Waals surface area contributed by atoms with E-state index in [-0.39, 0.29) is 11.9 Å². The molecule has 2 aromatic rings. The maximum Gasteiger partial charge on any atom is 0.276 e. The number of aromatic nitrogens is 2. The van der Waals surface area contributed by atoms with E-state index in [1.165, 1.54) is 0 Å². The molecule has 0 spiro atoms. The number of fused-ring (bicyclic) bond motifs is 1. The number of rotatable bonds is 6. The number of likely N-dealkylation sites (N-methyl/N-ethyl adjacent to an activating group) is 1. The van der Waals surface area contributed by atoms with Gasteiger partial charge in [-0.15, -0.1) is 0 Å². The molecule has 1 aliphatic heterocycles. The molecule has 1 fully saturated rings. The predicted molar refractivity (Wildman–Crippen MR) is 107 cm³/mol. The summed E-state index contributed by atoms with van der Waals surface area (Å²) < 4.78 is 7.11. The fraction of sp³-hybridized carbons (Fsp3) is 0.450. The van der Waals surface area contributed by atoms with Gasteiger partial charge in [0.1, 0.15) is 5.70 Å². The van der Waals surface area contributed by atoms with E-state index in [2.05, 4.69) is 24.3 Å². The molecule has 1 aromatic heterocycles. The van der Waals surface area contributed by atoms with Gasteiger partial charge in [-0.3, -0.25) is 14.4 Å². The number of carbonyl (C=O) groups excluding carboxylic acids is 1. The van der Waals surface area contributed by atoms with Gasteiger partial charge >= 0.3 is 0 Å². The number of methoxy groups -OCH3 is 1. The minimum Gasteiger partial charge on any atom is -0.382 e. The first-order chi connectivity index (χ1) is 12.9.